The number of hydrogen-bond acceptors (Lipinski definition) is 6. The number of nitrogens with zero attached hydrogens (tertiary/aromatic N) is 2. The topological polar surface area (TPSA) is 97.2 Å². The second kappa shape index (κ2) is 6.90. The molecule has 5 unspecified atom stereocenters. The van der Waals surface area contributed by atoms with Gasteiger partial charge in [0.15, 0.2) is 0 Å². The van der Waals surface area contributed by atoms with Crippen molar-refractivity contribution in [3.63, 3.8) is 0 Å². The Morgan fingerprint density at radius 1 is 1.00 bits per heavy atom. The van der Waals surface area contributed by atoms with Gasteiger partial charge in [-0.25, -0.2) is 24.4 Å². The first-order valence-electron chi connectivity index (χ1n) is 7.97. The van der Waals surface area contributed by atoms with Crippen molar-refractivity contribution in [2.75, 3.05) is 0 Å². The number of rotatable bonds is 4. The van der Waals surface area contributed by atoms with Gasteiger partial charge < -0.3 is 10.1 Å². The number of allylic oxidation sites excluding steroid dienone is 1. The molecule has 1 amide bonds. The minimum absolute atomic E-state index is 0.0545. The molecule has 2 saturated carbocycles. The molecule has 0 radical (unpaired) electrons. The third-order valence-electron chi connectivity index (χ3n) is 4.93. The van der Waals surface area contributed by atoms with Crippen LogP contribution >= 0.6 is 0 Å². The summed E-state index contributed by atoms with van der Waals surface area (Å²) in [6.45, 7) is 0. The fourth-order valence-electron chi connectivity index (χ4n) is 3.94. The Hall–Kier alpha value is -2.23. The van der Waals surface area contributed by atoms with Gasteiger partial charge in [0.2, 0.25) is 12.2 Å². The van der Waals surface area contributed by atoms with Crippen LogP contribution in [0.25, 0.3) is 0 Å². The van der Waals surface area contributed by atoms with E-state index >= 15 is 0 Å². The number of isocyanates is 2. The molecule has 5 atom stereocenters. The standard InChI is InChI=1S/C16H19N3O4/c20-8-17-12-5-13(18-9-21)7-14(6-12)19-16(22)23-15-4-10-1-2-11(15)3-10/h1-2,10-15H,3-7H2,(H,19,22). The van der Waals surface area contributed by atoms with Crippen molar-refractivity contribution in [2.45, 2.75) is 56.3 Å². The van der Waals surface area contributed by atoms with E-state index in [1.807, 2.05) is 0 Å². The maximum absolute atomic E-state index is 12.1. The first-order chi connectivity index (χ1) is 11.2. The molecule has 0 saturated heterocycles. The second-order valence-electron chi connectivity index (χ2n) is 6.52. The van der Waals surface area contributed by atoms with Gasteiger partial charge in [0, 0.05) is 12.0 Å². The van der Waals surface area contributed by atoms with E-state index in [0.29, 0.717) is 31.1 Å². The molecule has 23 heavy (non-hydrogen) atoms. The van der Waals surface area contributed by atoms with Gasteiger partial charge in [-0.2, -0.15) is 0 Å². The van der Waals surface area contributed by atoms with Crippen LogP contribution in [0.15, 0.2) is 22.1 Å². The molecule has 0 aromatic heterocycles. The highest BCUT2D eigenvalue weighted by Crippen LogP contribution is 2.40. The summed E-state index contributed by atoms with van der Waals surface area (Å²) in [5.74, 6) is 0.863. The minimum Gasteiger partial charge on any atom is -0.446 e. The highest BCUT2D eigenvalue weighted by atomic mass is 16.6. The van der Waals surface area contributed by atoms with Crippen molar-refractivity contribution in [2.24, 2.45) is 21.8 Å². The van der Waals surface area contributed by atoms with Crippen molar-refractivity contribution < 1.29 is 19.1 Å². The fourth-order valence-corrected chi connectivity index (χ4v) is 3.94. The second-order valence-corrected chi connectivity index (χ2v) is 6.52. The van der Waals surface area contributed by atoms with Crippen LogP contribution in [0.5, 0.6) is 0 Å². The SMILES string of the molecule is O=C=NC1CC(N=C=O)CC(NC(=O)OC2CC3C=CC2C3)C1. The molecule has 3 aliphatic rings. The van der Waals surface area contributed by atoms with Crippen LogP contribution in [0.4, 0.5) is 4.79 Å². The van der Waals surface area contributed by atoms with Gasteiger partial charge in [0.25, 0.3) is 0 Å². The van der Waals surface area contributed by atoms with Crippen molar-refractivity contribution in [1.29, 1.82) is 0 Å². The van der Waals surface area contributed by atoms with E-state index in [1.165, 1.54) is 12.2 Å². The maximum atomic E-state index is 12.1. The quantitative estimate of drug-likeness (QED) is 0.484. The zero-order valence-corrected chi connectivity index (χ0v) is 12.7. The highest BCUT2D eigenvalue weighted by molar-refractivity contribution is 5.68. The number of carbonyl (C=O) groups is 1. The molecule has 0 aromatic rings. The lowest BCUT2D eigenvalue weighted by atomic mass is 9.88. The Kier molecular flexibility index (Phi) is 4.70. The molecule has 0 spiro atoms. The smallest absolute Gasteiger partial charge is 0.407 e. The summed E-state index contributed by atoms with van der Waals surface area (Å²) in [5.41, 5.74) is 0. The number of aliphatic imine (C=N–C) groups is 2. The largest absolute Gasteiger partial charge is 0.446 e. The Balaban J connectivity index is 1.54. The fraction of sp³-hybridized carbons (Fsp3) is 0.688. The lowest BCUT2D eigenvalue weighted by Gasteiger charge is -2.30. The Labute approximate surface area is 133 Å². The molecule has 122 valence electrons. The molecule has 7 nitrogen and oxygen atoms in total. The number of carbonyl (C=O) groups excluding carboxylic acids is 3. The summed E-state index contributed by atoms with van der Waals surface area (Å²) in [7, 11) is 0. The molecule has 1 N–H and O–H groups in total. The zero-order valence-electron chi connectivity index (χ0n) is 12.7. The van der Waals surface area contributed by atoms with E-state index in [9.17, 15) is 14.4 Å². The summed E-state index contributed by atoms with van der Waals surface area (Å²) in [6.07, 6.45) is 10.4. The van der Waals surface area contributed by atoms with Crippen molar-refractivity contribution in [3.05, 3.63) is 12.2 Å². The molecule has 2 fully saturated rings. The lowest BCUT2D eigenvalue weighted by molar-refractivity contribution is 0.0787. The van der Waals surface area contributed by atoms with Gasteiger partial charge >= 0.3 is 6.09 Å². The molecular formula is C16H19N3O4. The molecule has 3 rings (SSSR count). The predicted molar refractivity (Wildman–Crippen MR) is 80.2 cm³/mol. The maximum Gasteiger partial charge on any atom is 0.407 e. The molecule has 0 aromatic carbocycles. The predicted octanol–water partition coefficient (Wildman–Crippen LogP) is 1.64. The van der Waals surface area contributed by atoms with Gasteiger partial charge in [0.1, 0.15) is 6.10 Å². The summed E-state index contributed by atoms with van der Waals surface area (Å²) in [4.78, 5) is 40.4. The molecular weight excluding hydrogens is 298 g/mol. The first-order valence-corrected chi connectivity index (χ1v) is 7.97. The van der Waals surface area contributed by atoms with Crippen LogP contribution in [0, 0.1) is 11.8 Å². The Morgan fingerprint density at radius 2 is 1.70 bits per heavy atom. The van der Waals surface area contributed by atoms with Gasteiger partial charge in [0.05, 0.1) is 12.1 Å². The number of fused-ring (bicyclic) bond motifs is 2. The molecule has 7 heteroatoms. The van der Waals surface area contributed by atoms with E-state index in [1.54, 1.807) is 0 Å². The average Bonchev–Trinajstić information content (AvgIpc) is 3.10. The molecule has 2 bridgehead atoms. The van der Waals surface area contributed by atoms with E-state index in [2.05, 4.69) is 27.5 Å². The van der Waals surface area contributed by atoms with Crippen molar-refractivity contribution in [3.8, 4) is 0 Å². The Morgan fingerprint density at radius 3 is 2.22 bits per heavy atom. The number of nitrogens with one attached hydrogen (secondary N) is 1. The minimum atomic E-state index is -0.453. The Bertz CT molecular complexity index is 566. The molecule has 3 aliphatic carbocycles. The normalized spacial score (nSPS) is 37.6. The van der Waals surface area contributed by atoms with E-state index in [4.69, 9.17) is 4.74 Å². The van der Waals surface area contributed by atoms with E-state index < -0.39 is 6.09 Å². The van der Waals surface area contributed by atoms with Gasteiger partial charge in [-0.15, -0.1) is 0 Å². The van der Waals surface area contributed by atoms with Crippen LogP contribution in [0.3, 0.4) is 0 Å². The van der Waals surface area contributed by atoms with Gasteiger partial charge in [-0.1, -0.05) is 12.2 Å². The van der Waals surface area contributed by atoms with Crippen LogP contribution in [0.2, 0.25) is 0 Å². The van der Waals surface area contributed by atoms with Gasteiger partial charge in [-0.05, 0) is 38.0 Å². The molecule has 0 aliphatic heterocycles. The highest BCUT2D eigenvalue weighted by Gasteiger charge is 2.38. The summed E-state index contributed by atoms with van der Waals surface area (Å²) >= 11 is 0. The average molecular weight is 317 g/mol. The number of ether oxygens (including phenoxy) is 1. The first kappa shape index (κ1) is 15.7. The van der Waals surface area contributed by atoms with Crippen LogP contribution < -0.4 is 5.32 Å². The summed E-state index contributed by atoms with van der Waals surface area (Å²) in [5, 5.41) is 2.82. The van der Waals surface area contributed by atoms with E-state index in [0.717, 1.165) is 12.8 Å². The number of hydrogen-bond donors (Lipinski definition) is 1. The summed E-state index contributed by atoms with van der Waals surface area (Å²) in [6, 6.07) is -0.812. The summed E-state index contributed by atoms with van der Waals surface area (Å²) < 4.78 is 5.52. The van der Waals surface area contributed by atoms with Crippen LogP contribution in [-0.2, 0) is 14.3 Å². The lowest BCUT2D eigenvalue weighted by Crippen LogP contribution is -2.44. The van der Waals surface area contributed by atoms with Crippen molar-refractivity contribution >= 4 is 18.3 Å². The van der Waals surface area contributed by atoms with Crippen LogP contribution in [-0.4, -0.2) is 42.5 Å². The van der Waals surface area contributed by atoms with Crippen molar-refractivity contribution in [1.82, 2.24) is 5.32 Å². The number of amides is 1. The zero-order chi connectivity index (χ0) is 16.2. The monoisotopic (exact) mass is 317 g/mol. The van der Waals surface area contributed by atoms with E-state index in [-0.39, 0.29) is 24.2 Å². The third-order valence-corrected chi connectivity index (χ3v) is 4.93. The van der Waals surface area contributed by atoms with Crippen LogP contribution in [0.1, 0.15) is 32.1 Å². The number of alkyl carbamates (subject to hydrolysis) is 1. The van der Waals surface area contributed by atoms with Gasteiger partial charge in [-0.3, -0.25) is 0 Å². The third kappa shape index (κ3) is 3.76. The molecule has 0 heterocycles.